The van der Waals surface area contributed by atoms with Gasteiger partial charge in [-0.25, -0.2) is 8.42 Å². The van der Waals surface area contributed by atoms with Gasteiger partial charge in [-0.2, -0.15) is 4.72 Å². The third kappa shape index (κ3) is 4.05. The maximum absolute atomic E-state index is 11.9. The van der Waals surface area contributed by atoms with Crippen molar-refractivity contribution in [1.29, 1.82) is 0 Å². The van der Waals surface area contributed by atoms with Gasteiger partial charge in [0.05, 0.1) is 11.5 Å². The van der Waals surface area contributed by atoms with Crippen molar-refractivity contribution in [2.75, 3.05) is 13.7 Å². The zero-order valence-corrected chi connectivity index (χ0v) is 11.9. The van der Waals surface area contributed by atoms with Crippen LogP contribution in [0.15, 0.2) is 33.6 Å². The highest BCUT2D eigenvalue weighted by atomic mass is 79.9. The minimum atomic E-state index is -3.89. The monoisotopic (exact) mass is 337 g/mol. The fourth-order valence-electron chi connectivity index (χ4n) is 1.21. The van der Waals surface area contributed by atoms with Gasteiger partial charge in [0.1, 0.15) is 6.04 Å². The van der Waals surface area contributed by atoms with E-state index in [1.807, 2.05) is 0 Å². The second-order valence-corrected chi connectivity index (χ2v) is 6.05. The van der Waals surface area contributed by atoms with Crippen LogP contribution in [-0.2, 0) is 19.6 Å². The molecule has 0 aliphatic heterocycles. The average molecular weight is 338 g/mol. The Balaban J connectivity index is 2.97. The number of rotatable bonds is 6. The molecular weight excluding hydrogens is 326 g/mol. The number of benzene rings is 1. The molecule has 1 rings (SSSR count). The van der Waals surface area contributed by atoms with Crippen LogP contribution in [0.25, 0.3) is 0 Å². The zero-order chi connectivity index (χ0) is 13.8. The van der Waals surface area contributed by atoms with E-state index in [0.717, 1.165) is 0 Å². The number of carbonyl (C=O) groups is 1. The Morgan fingerprint density at radius 3 is 2.72 bits per heavy atom. The fraction of sp³-hybridized carbons (Fsp3) is 0.300. The molecule has 0 aliphatic carbocycles. The topological polar surface area (TPSA) is 92.7 Å². The van der Waals surface area contributed by atoms with Crippen molar-refractivity contribution in [2.45, 2.75) is 10.9 Å². The van der Waals surface area contributed by atoms with E-state index >= 15 is 0 Å². The first-order chi connectivity index (χ1) is 8.36. The molecule has 18 heavy (non-hydrogen) atoms. The fourth-order valence-corrected chi connectivity index (χ4v) is 2.98. The second-order valence-electron chi connectivity index (χ2n) is 3.42. The second kappa shape index (κ2) is 6.28. The van der Waals surface area contributed by atoms with Gasteiger partial charge in [-0.3, -0.25) is 4.79 Å². The molecule has 1 aromatic carbocycles. The number of hydrogen-bond donors (Lipinski definition) is 2. The Morgan fingerprint density at radius 1 is 1.56 bits per heavy atom. The molecule has 0 aromatic heterocycles. The summed E-state index contributed by atoms with van der Waals surface area (Å²) < 4.78 is 31.2. The first kappa shape index (κ1) is 15.1. The molecule has 0 bridgehead atoms. The van der Waals surface area contributed by atoms with Gasteiger partial charge in [0.25, 0.3) is 0 Å². The average Bonchev–Trinajstić information content (AvgIpc) is 2.28. The van der Waals surface area contributed by atoms with Gasteiger partial charge in [-0.05, 0) is 18.2 Å². The molecule has 0 spiro atoms. The lowest BCUT2D eigenvalue weighted by atomic mass is 10.3. The predicted molar refractivity (Wildman–Crippen MR) is 67.8 cm³/mol. The summed E-state index contributed by atoms with van der Waals surface area (Å²) in [7, 11) is -2.60. The molecule has 1 atom stereocenters. The summed E-state index contributed by atoms with van der Waals surface area (Å²) in [5.41, 5.74) is 0. The van der Waals surface area contributed by atoms with E-state index in [4.69, 9.17) is 5.11 Å². The molecule has 0 saturated heterocycles. The maximum atomic E-state index is 11.9. The molecule has 8 heteroatoms. The maximum Gasteiger partial charge on any atom is 0.324 e. The van der Waals surface area contributed by atoms with E-state index in [1.165, 1.54) is 19.2 Å². The van der Waals surface area contributed by atoms with Gasteiger partial charge < -0.3 is 9.84 Å². The van der Waals surface area contributed by atoms with Crippen molar-refractivity contribution in [3.63, 3.8) is 0 Å². The van der Waals surface area contributed by atoms with Crippen molar-refractivity contribution in [2.24, 2.45) is 0 Å². The van der Waals surface area contributed by atoms with E-state index in [-0.39, 0.29) is 11.5 Å². The minimum Gasteiger partial charge on any atom is -0.480 e. The van der Waals surface area contributed by atoms with Crippen LogP contribution < -0.4 is 4.72 Å². The van der Waals surface area contributed by atoms with Gasteiger partial charge in [0.2, 0.25) is 10.0 Å². The lowest BCUT2D eigenvalue weighted by molar-refractivity contribution is -0.140. The molecule has 2 N–H and O–H groups in total. The summed E-state index contributed by atoms with van der Waals surface area (Å²) in [6.07, 6.45) is 0. The third-order valence-corrected chi connectivity index (χ3v) is 4.00. The molecule has 1 unspecified atom stereocenters. The molecule has 100 valence electrons. The highest BCUT2D eigenvalue weighted by Gasteiger charge is 2.25. The molecule has 0 radical (unpaired) electrons. The quantitative estimate of drug-likeness (QED) is 0.801. The number of carboxylic acid groups (broad SMARTS) is 1. The molecular formula is C10H12BrNO5S. The smallest absolute Gasteiger partial charge is 0.324 e. The van der Waals surface area contributed by atoms with Crippen molar-refractivity contribution in [1.82, 2.24) is 4.72 Å². The Hall–Kier alpha value is -0.960. The predicted octanol–water partition coefficient (Wildman–Crippen LogP) is 0.827. The summed E-state index contributed by atoms with van der Waals surface area (Å²) in [5.74, 6) is -1.30. The highest BCUT2D eigenvalue weighted by Crippen LogP contribution is 2.16. The number of methoxy groups -OCH3 is 1. The van der Waals surface area contributed by atoms with E-state index < -0.39 is 22.0 Å². The number of ether oxygens (including phenoxy) is 1. The minimum absolute atomic E-state index is 0.0146. The summed E-state index contributed by atoms with van der Waals surface area (Å²) in [6.45, 7) is -0.247. The van der Waals surface area contributed by atoms with E-state index in [1.54, 1.807) is 12.1 Å². The molecule has 0 amide bonds. The van der Waals surface area contributed by atoms with Crippen molar-refractivity contribution in [3.05, 3.63) is 28.7 Å². The van der Waals surface area contributed by atoms with Crippen LogP contribution in [0.2, 0.25) is 0 Å². The van der Waals surface area contributed by atoms with Crippen LogP contribution in [0.4, 0.5) is 0 Å². The number of hydrogen-bond acceptors (Lipinski definition) is 4. The van der Waals surface area contributed by atoms with Gasteiger partial charge in [0, 0.05) is 11.6 Å². The van der Waals surface area contributed by atoms with Crippen molar-refractivity contribution < 1.29 is 23.1 Å². The van der Waals surface area contributed by atoms with Crippen LogP contribution in [0.5, 0.6) is 0 Å². The number of halogens is 1. The van der Waals surface area contributed by atoms with E-state index in [0.29, 0.717) is 4.47 Å². The summed E-state index contributed by atoms with van der Waals surface area (Å²) >= 11 is 3.15. The number of sulfonamides is 1. The lowest BCUT2D eigenvalue weighted by Gasteiger charge is -2.13. The van der Waals surface area contributed by atoms with Crippen molar-refractivity contribution in [3.8, 4) is 0 Å². The van der Waals surface area contributed by atoms with Crippen LogP contribution in [0, 0.1) is 0 Å². The third-order valence-electron chi connectivity index (χ3n) is 2.04. The van der Waals surface area contributed by atoms with E-state index in [2.05, 4.69) is 25.4 Å². The van der Waals surface area contributed by atoms with Crippen molar-refractivity contribution >= 4 is 31.9 Å². The SMILES string of the molecule is COCC(NS(=O)(=O)c1cccc(Br)c1)C(=O)O. The van der Waals surface area contributed by atoms with E-state index in [9.17, 15) is 13.2 Å². The highest BCUT2D eigenvalue weighted by molar-refractivity contribution is 9.10. The number of nitrogens with one attached hydrogen (secondary N) is 1. The largest absolute Gasteiger partial charge is 0.480 e. The first-order valence-corrected chi connectivity index (χ1v) is 7.14. The van der Waals surface area contributed by atoms with Gasteiger partial charge in [-0.1, -0.05) is 22.0 Å². The number of aliphatic carboxylic acids is 1. The molecule has 0 aliphatic rings. The van der Waals surface area contributed by atoms with Crippen LogP contribution in [-0.4, -0.2) is 39.3 Å². The Morgan fingerprint density at radius 2 is 2.22 bits per heavy atom. The molecule has 0 saturated carbocycles. The normalized spacial score (nSPS) is 13.2. The Bertz CT molecular complexity index is 531. The lowest BCUT2D eigenvalue weighted by Crippen LogP contribution is -2.43. The van der Waals surface area contributed by atoms with Crippen LogP contribution in [0.1, 0.15) is 0 Å². The summed E-state index contributed by atoms with van der Waals surface area (Å²) in [5, 5.41) is 8.85. The van der Waals surface area contributed by atoms with Crippen LogP contribution in [0.3, 0.4) is 0 Å². The molecule has 1 aromatic rings. The van der Waals surface area contributed by atoms with Gasteiger partial charge in [0.15, 0.2) is 0 Å². The molecule has 0 fully saturated rings. The Labute approximate surface area is 113 Å². The number of carboxylic acids is 1. The first-order valence-electron chi connectivity index (χ1n) is 4.86. The summed E-state index contributed by atoms with van der Waals surface area (Å²) in [4.78, 5) is 10.8. The molecule has 0 heterocycles. The van der Waals surface area contributed by atoms with Gasteiger partial charge >= 0.3 is 5.97 Å². The van der Waals surface area contributed by atoms with Crippen LogP contribution >= 0.6 is 15.9 Å². The zero-order valence-electron chi connectivity index (χ0n) is 9.46. The Kier molecular flexibility index (Phi) is 5.27. The molecule has 6 nitrogen and oxygen atoms in total. The standard InChI is InChI=1S/C10H12BrNO5S/c1-17-6-9(10(13)14)12-18(15,16)8-4-2-3-7(11)5-8/h2-5,9,12H,6H2,1H3,(H,13,14). The van der Waals surface area contributed by atoms with Gasteiger partial charge in [-0.15, -0.1) is 0 Å². The summed E-state index contributed by atoms with van der Waals surface area (Å²) in [6, 6.07) is 4.65.